The second-order valence-corrected chi connectivity index (χ2v) is 3.96. The van der Waals surface area contributed by atoms with E-state index in [4.69, 9.17) is 4.74 Å². The highest BCUT2D eigenvalue weighted by Crippen LogP contribution is 2.28. The van der Waals surface area contributed by atoms with Crippen molar-refractivity contribution in [3.63, 3.8) is 0 Å². The van der Waals surface area contributed by atoms with Crippen molar-refractivity contribution in [3.05, 3.63) is 24.7 Å². The van der Waals surface area contributed by atoms with Gasteiger partial charge in [0.05, 0.1) is 25.5 Å². The summed E-state index contributed by atoms with van der Waals surface area (Å²) < 4.78 is 6.94. The molecule has 2 heterocycles. The van der Waals surface area contributed by atoms with Crippen molar-refractivity contribution in [3.8, 4) is 5.88 Å². The number of fused-ring (bicyclic) bond motifs is 1. The molecule has 0 fully saturated rings. The van der Waals surface area contributed by atoms with Gasteiger partial charge in [0.2, 0.25) is 5.88 Å². The SMILES string of the molecule is COc1ncnc2c1cnn2[C@@H]1C=C[C@H](O)C1. The van der Waals surface area contributed by atoms with Crippen LogP contribution in [0.4, 0.5) is 0 Å². The predicted molar refractivity (Wildman–Crippen MR) is 60.7 cm³/mol. The van der Waals surface area contributed by atoms with E-state index in [9.17, 15) is 5.11 Å². The second-order valence-electron chi connectivity index (χ2n) is 3.96. The van der Waals surface area contributed by atoms with Crippen molar-refractivity contribution >= 4 is 11.0 Å². The van der Waals surface area contributed by atoms with Crippen LogP contribution in [-0.2, 0) is 0 Å². The Morgan fingerprint density at radius 2 is 2.29 bits per heavy atom. The third kappa shape index (κ3) is 1.57. The molecule has 2 aromatic heterocycles. The van der Waals surface area contributed by atoms with E-state index in [1.807, 2.05) is 6.08 Å². The fraction of sp³-hybridized carbons (Fsp3) is 0.364. The lowest BCUT2D eigenvalue weighted by atomic mass is 10.2. The first-order valence-corrected chi connectivity index (χ1v) is 5.38. The molecule has 3 rings (SSSR count). The Hall–Kier alpha value is -1.95. The largest absolute Gasteiger partial charge is 0.480 e. The molecule has 0 unspecified atom stereocenters. The van der Waals surface area contributed by atoms with Crippen molar-refractivity contribution in [2.45, 2.75) is 18.6 Å². The minimum atomic E-state index is -0.400. The van der Waals surface area contributed by atoms with Crippen LogP contribution in [-0.4, -0.2) is 38.1 Å². The Balaban J connectivity index is 2.10. The Morgan fingerprint density at radius 3 is 3.00 bits per heavy atom. The zero-order chi connectivity index (χ0) is 11.8. The quantitative estimate of drug-likeness (QED) is 0.771. The summed E-state index contributed by atoms with van der Waals surface area (Å²) in [6.07, 6.45) is 7.08. The summed E-state index contributed by atoms with van der Waals surface area (Å²) in [5.41, 5.74) is 0.723. The molecular formula is C11H12N4O2. The molecule has 1 aliphatic carbocycles. The molecule has 1 aliphatic rings. The topological polar surface area (TPSA) is 73.1 Å². The van der Waals surface area contributed by atoms with E-state index in [0.29, 0.717) is 12.3 Å². The van der Waals surface area contributed by atoms with Crippen LogP contribution in [0.1, 0.15) is 12.5 Å². The highest BCUT2D eigenvalue weighted by atomic mass is 16.5. The van der Waals surface area contributed by atoms with Gasteiger partial charge in [-0.3, -0.25) is 0 Å². The number of aliphatic hydroxyl groups excluding tert-OH is 1. The van der Waals surface area contributed by atoms with Gasteiger partial charge in [-0.1, -0.05) is 12.2 Å². The number of nitrogens with zero attached hydrogens (tertiary/aromatic N) is 4. The standard InChI is InChI=1S/C11H12N4O2/c1-17-11-9-5-14-15(10(9)12-6-13-11)7-2-3-8(16)4-7/h2-3,5-8,16H,4H2,1H3/t7-,8+/m1/s1. The summed E-state index contributed by atoms with van der Waals surface area (Å²) in [7, 11) is 1.57. The number of methoxy groups -OCH3 is 1. The fourth-order valence-electron chi connectivity index (χ4n) is 2.09. The molecule has 6 heteroatoms. The van der Waals surface area contributed by atoms with Crippen molar-refractivity contribution in [2.75, 3.05) is 7.11 Å². The Labute approximate surface area is 97.6 Å². The molecule has 0 bridgehead atoms. The molecule has 0 amide bonds. The molecule has 6 nitrogen and oxygen atoms in total. The molecule has 2 aromatic rings. The van der Waals surface area contributed by atoms with Gasteiger partial charge in [-0.2, -0.15) is 5.10 Å². The third-order valence-electron chi connectivity index (χ3n) is 2.90. The second kappa shape index (κ2) is 3.81. The number of aromatic nitrogens is 4. The summed E-state index contributed by atoms with van der Waals surface area (Å²) in [6.45, 7) is 0. The first-order valence-electron chi connectivity index (χ1n) is 5.38. The van der Waals surface area contributed by atoms with Gasteiger partial charge in [0.1, 0.15) is 11.7 Å². The molecule has 0 saturated heterocycles. The van der Waals surface area contributed by atoms with Gasteiger partial charge in [0.25, 0.3) is 0 Å². The van der Waals surface area contributed by atoms with Crippen molar-refractivity contribution < 1.29 is 9.84 Å². The lowest BCUT2D eigenvalue weighted by molar-refractivity contribution is 0.209. The van der Waals surface area contributed by atoms with E-state index in [1.165, 1.54) is 6.33 Å². The minimum Gasteiger partial charge on any atom is -0.480 e. The molecule has 0 spiro atoms. The number of hydrogen-bond donors (Lipinski definition) is 1. The molecule has 2 atom stereocenters. The number of allylic oxidation sites excluding steroid dienone is 1. The highest BCUT2D eigenvalue weighted by molar-refractivity contribution is 5.79. The summed E-state index contributed by atoms with van der Waals surface area (Å²) in [6, 6.07) is 0.0436. The van der Waals surface area contributed by atoms with Crippen LogP contribution in [0, 0.1) is 0 Å². The molecule has 0 radical (unpaired) electrons. The normalized spacial score (nSPS) is 23.4. The van der Waals surface area contributed by atoms with Crippen molar-refractivity contribution in [1.29, 1.82) is 0 Å². The Morgan fingerprint density at radius 1 is 1.41 bits per heavy atom. The van der Waals surface area contributed by atoms with E-state index < -0.39 is 6.10 Å². The van der Waals surface area contributed by atoms with Gasteiger partial charge >= 0.3 is 0 Å². The molecule has 17 heavy (non-hydrogen) atoms. The summed E-state index contributed by atoms with van der Waals surface area (Å²) >= 11 is 0. The maximum Gasteiger partial charge on any atom is 0.227 e. The average Bonchev–Trinajstić information content (AvgIpc) is 2.94. The van der Waals surface area contributed by atoms with Gasteiger partial charge in [0.15, 0.2) is 5.65 Å². The van der Waals surface area contributed by atoms with Gasteiger partial charge < -0.3 is 9.84 Å². The highest BCUT2D eigenvalue weighted by Gasteiger charge is 2.22. The van der Waals surface area contributed by atoms with E-state index >= 15 is 0 Å². The third-order valence-corrected chi connectivity index (χ3v) is 2.90. The van der Waals surface area contributed by atoms with Crippen LogP contribution in [0.5, 0.6) is 5.88 Å². The number of hydrogen-bond acceptors (Lipinski definition) is 5. The van der Waals surface area contributed by atoms with Crippen LogP contribution in [0.15, 0.2) is 24.7 Å². The molecule has 0 aromatic carbocycles. The molecule has 0 saturated carbocycles. The summed E-state index contributed by atoms with van der Waals surface area (Å²) in [5, 5.41) is 14.6. The molecular weight excluding hydrogens is 220 g/mol. The van der Waals surface area contributed by atoms with Crippen molar-refractivity contribution in [1.82, 2.24) is 19.7 Å². The maximum atomic E-state index is 9.49. The van der Waals surface area contributed by atoms with Gasteiger partial charge in [-0.25, -0.2) is 14.6 Å². The Bertz CT molecular complexity index is 578. The van der Waals surface area contributed by atoms with Crippen LogP contribution in [0.3, 0.4) is 0 Å². The molecule has 1 N–H and O–H groups in total. The van der Waals surface area contributed by atoms with Crippen LogP contribution in [0.2, 0.25) is 0 Å². The van der Waals surface area contributed by atoms with E-state index in [2.05, 4.69) is 15.1 Å². The van der Waals surface area contributed by atoms with E-state index in [0.717, 1.165) is 11.0 Å². The fourth-order valence-corrected chi connectivity index (χ4v) is 2.09. The smallest absolute Gasteiger partial charge is 0.227 e. The van der Waals surface area contributed by atoms with Gasteiger partial charge in [-0.15, -0.1) is 0 Å². The van der Waals surface area contributed by atoms with E-state index in [1.54, 1.807) is 24.1 Å². The predicted octanol–water partition coefficient (Wildman–Crippen LogP) is 0.697. The number of aliphatic hydroxyl groups is 1. The van der Waals surface area contributed by atoms with Gasteiger partial charge in [0, 0.05) is 6.42 Å². The maximum absolute atomic E-state index is 9.49. The van der Waals surface area contributed by atoms with Crippen LogP contribution >= 0.6 is 0 Å². The Kier molecular flexibility index (Phi) is 2.29. The average molecular weight is 232 g/mol. The first-order chi connectivity index (χ1) is 8.29. The number of rotatable bonds is 2. The van der Waals surface area contributed by atoms with Crippen LogP contribution < -0.4 is 4.74 Å². The first kappa shape index (κ1) is 10.2. The summed E-state index contributed by atoms with van der Waals surface area (Å²) in [5.74, 6) is 0.517. The van der Waals surface area contributed by atoms with Crippen molar-refractivity contribution in [2.24, 2.45) is 0 Å². The summed E-state index contributed by atoms with van der Waals surface area (Å²) in [4.78, 5) is 8.24. The lowest BCUT2D eigenvalue weighted by Gasteiger charge is -2.10. The zero-order valence-corrected chi connectivity index (χ0v) is 9.32. The molecule has 88 valence electrons. The zero-order valence-electron chi connectivity index (χ0n) is 9.32. The monoisotopic (exact) mass is 232 g/mol. The number of ether oxygens (including phenoxy) is 1. The van der Waals surface area contributed by atoms with Crippen LogP contribution in [0.25, 0.3) is 11.0 Å². The van der Waals surface area contributed by atoms with Gasteiger partial charge in [-0.05, 0) is 0 Å². The molecule has 0 aliphatic heterocycles. The minimum absolute atomic E-state index is 0.0436. The van der Waals surface area contributed by atoms with E-state index in [-0.39, 0.29) is 6.04 Å². The lowest BCUT2D eigenvalue weighted by Crippen LogP contribution is -2.10.